The molecule has 0 aromatic heterocycles. The molecule has 0 unspecified atom stereocenters. The number of hydrogen-bond acceptors (Lipinski definition) is 2. The molecule has 1 aliphatic carbocycles. The Morgan fingerprint density at radius 1 is 1.04 bits per heavy atom. The van der Waals surface area contributed by atoms with Gasteiger partial charge in [-0.15, -0.1) is 0 Å². The molecular weight excluding hydrogens is 348 g/mol. The number of nitrogens with one attached hydrogen (secondary N) is 3. The van der Waals surface area contributed by atoms with E-state index in [0.717, 1.165) is 56.0 Å². The van der Waals surface area contributed by atoms with Gasteiger partial charge < -0.3 is 16.0 Å². The summed E-state index contributed by atoms with van der Waals surface area (Å²) in [6.45, 7) is 4.26. The highest BCUT2D eigenvalue weighted by Crippen LogP contribution is 2.27. The van der Waals surface area contributed by atoms with Crippen molar-refractivity contribution in [3.05, 3.63) is 65.7 Å². The fourth-order valence-electron chi connectivity index (χ4n) is 3.14. The molecule has 0 bridgehead atoms. The molecule has 3 N–H and O–H groups in total. The number of carbonyl (C=O) groups is 1. The van der Waals surface area contributed by atoms with E-state index < -0.39 is 0 Å². The van der Waals surface area contributed by atoms with Crippen LogP contribution < -0.4 is 16.0 Å². The Labute approximate surface area is 167 Å². The van der Waals surface area contributed by atoms with E-state index in [9.17, 15) is 4.79 Å². The molecule has 0 atom stereocenters. The van der Waals surface area contributed by atoms with Crippen molar-refractivity contribution in [3.63, 3.8) is 0 Å². The number of amides is 1. The van der Waals surface area contributed by atoms with Gasteiger partial charge in [0.15, 0.2) is 5.96 Å². The van der Waals surface area contributed by atoms with E-state index in [1.807, 2.05) is 30.3 Å². The van der Waals surface area contributed by atoms with Crippen LogP contribution in [0.1, 0.15) is 37.3 Å². The number of aliphatic imine (C=N–C) groups is 1. The number of benzene rings is 2. The van der Waals surface area contributed by atoms with Crippen molar-refractivity contribution in [1.82, 2.24) is 10.6 Å². The van der Waals surface area contributed by atoms with Gasteiger partial charge in [-0.2, -0.15) is 0 Å². The highest BCUT2D eigenvalue weighted by molar-refractivity contribution is 5.93. The van der Waals surface area contributed by atoms with E-state index in [4.69, 9.17) is 0 Å². The predicted octanol–water partition coefficient (Wildman–Crippen LogP) is 3.72. The number of anilines is 1. The van der Waals surface area contributed by atoms with Gasteiger partial charge in [0.2, 0.25) is 5.91 Å². The van der Waals surface area contributed by atoms with Crippen molar-refractivity contribution < 1.29 is 4.79 Å². The molecule has 0 aliphatic heterocycles. The van der Waals surface area contributed by atoms with Gasteiger partial charge in [0.1, 0.15) is 0 Å². The van der Waals surface area contributed by atoms with Crippen LogP contribution in [0.4, 0.5) is 5.69 Å². The second-order valence-corrected chi connectivity index (χ2v) is 7.17. The van der Waals surface area contributed by atoms with Gasteiger partial charge in [0.05, 0.1) is 6.54 Å². The summed E-state index contributed by atoms with van der Waals surface area (Å²) in [5.74, 6) is 1.14. The third-order valence-corrected chi connectivity index (χ3v) is 4.98. The topological polar surface area (TPSA) is 65.5 Å². The summed E-state index contributed by atoms with van der Waals surface area (Å²) in [5, 5.41) is 9.70. The molecule has 28 heavy (non-hydrogen) atoms. The number of guanidine groups is 1. The van der Waals surface area contributed by atoms with Crippen LogP contribution in [0.5, 0.6) is 0 Å². The van der Waals surface area contributed by atoms with E-state index in [2.05, 4.69) is 52.1 Å². The maximum Gasteiger partial charge on any atom is 0.227 e. The second kappa shape index (κ2) is 10.5. The highest BCUT2D eigenvalue weighted by atomic mass is 16.1. The van der Waals surface area contributed by atoms with Gasteiger partial charge in [0.25, 0.3) is 0 Å². The van der Waals surface area contributed by atoms with Gasteiger partial charge in [-0.1, -0.05) is 48.9 Å². The quantitative estimate of drug-likeness (QED) is 0.484. The molecule has 3 rings (SSSR count). The highest BCUT2D eigenvalue weighted by Gasteiger charge is 2.25. The summed E-state index contributed by atoms with van der Waals surface area (Å²) in [4.78, 5) is 16.8. The van der Waals surface area contributed by atoms with Crippen molar-refractivity contribution in [2.75, 3.05) is 18.4 Å². The van der Waals surface area contributed by atoms with E-state index in [0.29, 0.717) is 6.54 Å². The minimum atomic E-state index is 0.141. The molecule has 2 aromatic carbocycles. The minimum Gasteiger partial charge on any atom is -0.357 e. The third kappa shape index (κ3) is 6.12. The lowest BCUT2D eigenvalue weighted by Gasteiger charge is -2.24. The fourth-order valence-corrected chi connectivity index (χ4v) is 3.14. The standard InChI is InChI=1S/C23H30N4O/c1-2-24-23(25-15-14-18-8-4-3-5-9-18)26-17-19-10-6-13-21(16-19)27-22(28)20-11-7-12-20/h3-6,8-10,13,16,20H,2,7,11-12,14-15,17H2,1H3,(H,27,28)(H2,24,25,26). The molecule has 0 radical (unpaired) electrons. The van der Waals surface area contributed by atoms with Crippen molar-refractivity contribution in [3.8, 4) is 0 Å². The van der Waals surface area contributed by atoms with Gasteiger partial charge in [0, 0.05) is 24.7 Å². The lowest BCUT2D eigenvalue weighted by molar-refractivity contribution is -0.122. The van der Waals surface area contributed by atoms with Gasteiger partial charge in [-0.25, -0.2) is 4.99 Å². The van der Waals surface area contributed by atoms with Crippen molar-refractivity contribution in [2.24, 2.45) is 10.9 Å². The van der Waals surface area contributed by atoms with Crippen LogP contribution in [-0.4, -0.2) is 25.0 Å². The number of nitrogens with zero attached hydrogens (tertiary/aromatic N) is 1. The predicted molar refractivity (Wildman–Crippen MR) is 115 cm³/mol. The molecule has 1 aliphatic rings. The van der Waals surface area contributed by atoms with E-state index in [-0.39, 0.29) is 11.8 Å². The van der Waals surface area contributed by atoms with Gasteiger partial charge >= 0.3 is 0 Å². The van der Waals surface area contributed by atoms with Crippen molar-refractivity contribution in [2.45, 2.75) is 39.2 Å². The zero-order valence-corrected chi connectivity index (χ0v) is 16.6. The number of hydrogen-bond donors (Lipinski definition) is 3. The Morgan fingerprint density at radius 2 is 1.82 bits per heavy atom. The summed E-state index contributed by atoms with van der Waals surface area (Å²) < 4.78 is 0. The molecule has 0 heterocycles. The molecule has 1 fully saturated rings. The normalized spacial score (nSPS) is 14.2. The molecule has 5 nitrogen and oxygen atoms in total. The Bertz CT molecular complexity index is 784. The Kier molecular flexibility index (Phi) is 7.47. The first-order chi connectivity index (χ1) is 13.7. The zero-order chi connectivity index (χ0) is 19.6. The van der Waals surface area contributed by atoms with Crippen LogP contribution in [0.15, 0.2) is 59.6 Å². The molecule has 148 valence electrons. The first-order valence-corrected chi connectivity index (χ1v) is 10.2. The monoisotopic (exact) mass is 378 g/mol. The molecule has 1 amide bonds. The number of rotatable bonds is 8. The summed E-state index contributed by atoms with van der Waals surface area (Å²) >= 11 is 0. The molecule has 0 spiro atoms. The summed E-state index contributed by atoms with van der Waals surface area (Å²) in [5.41, 5.74) is 3.24. The summed E-state index contributed by atoms with van der Waals surface area (Å²) in [6.07, 6.45) is 4.14. The van der Waals surface area contributed by atoms with Gasteiger partial charge in [-0.05, 0) is 49.4 Å². The lowest BCUT2D eigenvalue weighted by Crippen LogP contribution is -2.38. The number of carbonyl (C=O) groups excluding carboxylic acids is 1. The maximum atomic E-state index is 12.1. The largest absolute Gasteiger partial charge is 0.357 e. The zero-order valence-electron chi connectivity index (χ0n) is 16.6. The summed E-state index contributed by atoms with van der Waals surface area (Å²) in [6, 6.07) is 18.4. The second-order valence-electron chi connectivity index (χ2n) is 7.17. The van der Waals surface area contributed by atoms with E-state index in [1.165, 1.54) is 5.56 Å². The Hall–Kier alpha value is -2.82. The maximum absolute atomic E-state index is 12.1. The van der Waals surface area contributed by atoms with Crippen molar-refractivity contribution in [1.29, 1.82) is 0 Å². The molecule has 5 heteroatoms. The SMILES string of the molecule is CCNC(=NCc1cccc(NC(=O)C2CCC2)c1)NCCc1ccccc1. The average molecular weight is 379 g/mol. The smallest absolute Gasteiger partial charge is 0.227 e. The van der Waals surface area contributed by atoms with Crippen LogP contribution >= 0.6 is 0 Å². The molecule has 2 aromatic rings. The molecule has 1 saturated carbocycles. The van der Waals surface area contributed by atoms with Crippen LogP contribution in [0.25, 0.3) is 0 Å². The average Bonchev–Trinajstić information content (AvgIpc) is 2.66. The lowest BCUT2D eigenvalue weighted by atomic mass is 9.85. The molecular formula is C23H30N4O. The Balaban J connectivity index is 1.53. The molecule has 0 saturated heterocycles. The first-order valence-electron chi connectivity index (χ1n) is 10.2. The van der Waals surface area contributed by atoms with E-state index >= 15 is 0 Å². The van der Waals surface area contributed by atoms with Crippen LogP contribution in [0, 0.1) is 5.92 Å². The summed E-state index contributed by atoms with van der Waals surface area (Å²) in [7, 11) is 0. The van der Waals surface area contributed by atoms with Crippen LogP contribution in [0.3, 0.4) is 0 Å². The van der Waals surface area contributed by atoms with Crippen molar-refractivity contribution >= 4 is 17.6 Å². The fraction of sp³-hybridized carbons (Fsp3) is 0.391. The van der Waals surface area contributed by atoms with Crippen LogP contribution in [-0.2, 0) is 17.8 Å². The van der Waals surface area contributed by atoms with Crippen LogP contribution in [0.2, 0.25) is 0 Å². The van der Waals surface area contributed by atoms with E-state index in [1.54, 1.807) is 0 Å². The van der Waals surface area contributed by atoms with Gasteiger partial charge in [-0.3, -0.25) is 4.79 Å². The first kappa shape index (κ1) is 19.9. The third-order valence-electron chi connectivity index (χ3n) is 4.98. The minimum absolute atomic E-state index is 0.141. The Morgan fingerprint density at radius 3 is 2.54 bits per heavy atom.